The maximum atomic E-state index is 12.4. The molecule has 0 radical (unpaired) electrons. The Bertz CT molecular complexity index is 554. The van der Waals surface area contributed by atoms with E-state index in [-0.39, 0.29) is 17.5 Å². The number of hydrogen-bond acceptors (Lipinski definition) is 2. The summed E-state index contributed by atoms with van der Waals surface area (Å²) in [4.78, 5) is 26.9. The van der Waals surface area contributed by atoms with E-state index in [1.807, 2.05) is 51.1 Å². The van der Waals surface area contributed by atoms with Gasteiger partial charge in [0, 0.05) is 26.2 Å². The number of carbonyl (C=O) groups excluding carboxylic acids is 1. The third kappa shape index (κ3) is 4.37. The van der Waals surface area contributed by atoms with Crippen LogP contribution in [-0.4, -0.2) is 52.7 Å². The lowest BCUT2D eigenvalue weighted by molar-refractivity contribution is 0.0334. The molecule has 23 heavy (non-hydrogen) atoms. The van der Waals surface area contributed by atoms with Gasteiger partial charge in [0.05, 0.1) is 6.04 Å². The molecule has 1 aliphatic heterocycles. The molecule has 6 nitrogen and oxygen atoms in total. The number of carboxylic acid groups (broad SMARTS) is 1. The number of amides is 3. The summed E-state index contributed by atoms with van der Waals surface area (Å²) in [7, 11) is 0. The summed E-state index contributed by atoms with van der Waals surface area (Å²) in [5, 5.41) is 12.3. The Morgan fingerprint density at radius 3 is 2.43 bits per heavy atom. The van der Waals surface area contributed by atoms with Gasteiger partial charge in [0.1, 0.15) is 0 Å². The molecular weight excluding hydrogens is 294 g/mol. The van der Waals surface area contributed by atoms with E-state index in [9.17, 15) is 14.7 Å². The van der Waals surface area contributed by atoms with Crippen molar-refractivity contribution in [2.24, 2.45) is 5.41 Å². The molecule has 1 aliphatic rings. The van der Waals surface area contributed by atoms with Gasteiger partial charge in [-0.1, -0.05) is 51.1 Å². The maximum Gasteiger partial charge on any atom is 0.407 e. The number of carbonyl (C=O) groups is 2. The molecule has 1 saturated heterocycles. The molecule has 0 aliphatic carbocycles. The zero-order valence-electron chi connectivity index (χ0n) is 14.0. The Hall–Kier alpha value is -2.24. The van der Waals surface area contributed by atoms with Gasteiger partial charge in [-0.15, -0.1) is 0 Å². The van der Waals surface area contributed by atoms with Gasteiger partial charge in [-0.2, -0.15) is 0 Å². The van der Waals surface area contributed by atoms with Crippen LogP contribution in [0, 0.1) is 5.41 Å². The second kappa shape index (κ2) is 6.89. The van der Waals surface area contributed by atoms with E-state index < -0.39 is 6.09 Å². The Labute approximate surface area is 137 Å². The minimum absolute atomic E-state index is 0.145. The number of benzene rings is 1. The van der Waals surface area contributed by atoms with Crippen molar-refractivity contribution < 1.29 is 14.7 Å². The highest BCUT2D eigenvalue weighted by molar-refractivity contribution is 5.75. The van der Waals surface area contributed by atoms with E-state index in [1.54, 1.807) is 4.90 Å². The van der Waals surface area contributed by atoms with E-state index >= 15 is 0 Å². The zero-order valence-corrected chi connectivity index (χ0v) is 14.0. The molecule has 6 heteroatoms. The number of nitrogens with one attached hydrogen (secondary N) is 1. The molecule has 0 aromatic heterocycles. The van der Waals surface area contributed by atoms with Crippen LogP contribution < -0.4 is 5.32 Å². The summed E-state index contributed by atoms with van der Waals surface area (Å²) in [6, 6.07) is 9.36. The van der Waals surface area contributed by atoms with Crippen LogP contribution in [0.15, 0.2) is 30.3 Å². The van der Waals surface area contributed by atoms with Crippen LogP contribution in [0.25, 0.3) is 0 Å². The fourth-order valence-corrected chi connectivity index (χ4v) is 2.82. The van der Waals surface area contributed by atoms with Crippen molar-refractivity contribution in [1.82, 2.24) is 15.1 Å². The molecule has 0 bridgehead atoms. The van der Waals surface area contributed by atoms with Crippen LogP contribution in [-0.2, 0) is 6.54 Å². The smallest absolute Gasteiger partial charge is 0.407 e. The Morgan fingerprint density at radius 2 is 1.87 bits per heavy atom. The van der Waals surface area contributed by atoms with Crippen LogP contribution in [0.3, 0.4) is 0 Å². The van der Waals surface area contributed by atoms with Crippen LogP contribution >= 0.6 is 0 Å². The lowest BCUT2D eigenvalue weighted by atomic mass is 9.84. The first-order valence-corrected chi connectivity index (χ1v) is 7.85. The Balaban J connectivity index is 1.98. The highest BCUT2D eigenvalue weighted by Crippen LogP contribution is 2.27. The largest absolute Gasteiger partial charge is 0.465 e. The molecule has 1 heterocycles. The summed E-state index contributed by atoms with van der Waals surface area (Å²) in [5.74, 6) is 0. The van der Waals surface area contributed by atoms with Crippen molar-refractivity contribution in [3.05, 3.63) is 35.9 Å². The molecule has 3 amide bonds. The average molecular weight is 319 g/mol. The Morgan fingerprint density at radius 1 is 1.22 bits per heavy atom. The van der Waals surface area contributed by atoms with Crippen molar-refractivity contribution in [2.45, 2.75) is 33.4 Å². The average Bonchev–Trinajstić information content (AvgIpc) is 2.52. The predicted octanol–water partition coefficient (Wildman–Crippen LogP) is 2.61. The minimum atomic E-state index is -0.922. The van der Waals surface area contributed by atoms with Crippen LogP contribution in [0.1, 0.15) is 26.3 Å². The normalized spacial score (nSPS) is 18.7. The highest BCUT2D eigenvalue weighted by atomic mass is 16.4. The van der Waals surface area contributed by atoms with Crippen LogP contribution in [0.2, 0.25) is 0 Å². The SMILES string of the molecule is CC(C)(C)C1CN(C(=O)NCc2ccccc2)CCN1C(=O)O. The van der Waals surface area contributed by atoms with E-state index in [0.717, 1.165) is 5.56 Å². The van der Waals surface area contributed by atoms with Crippen molar-refractivity contribution in [3.8, 4) is 0 Å². The summed E-state index contributed by atoms with van der Waals surface area (Å²) in [6.07, 6.45) is -0.922. The van der Waals surface area contributed by atoms with Crippen LogP contribution in [0.5, 0.6) is 0 Å². The van der Waals surface area contributed by atoms with Crippen LogP contribution in [0.4, 0.5) is 9.59 Å². The first kappa shape index (κ1) is 17.1. The topological polar surface area (TPSA) is 72.9 Å². The minimum Gasteiger partial charge on any atom is -0.465 e. The standard InChI is InChI=1S/C17H25N3O3/c1-17(2,3)14-12-19(9-10-20(14)16(22)23)15(21)18-11-13-7-5-4-6-8-13/h4-8,14H,9-12H2,1-3H3,(H,18,21)(H,22,23). The molecule has 1 unspecified atom stereocenters. The van der Waals surface area contributed by atoms with Crippen molar-refractivity contribution >= 4 is 12.1 Å². The van der Waals surface area contributed by atoms with Crippen molar-refractivity contribution in [1.29, 1.82) is 0 Å². The second-order valence-electron chi connectivity index (χ2n) is 6.95. The first-order chi connectivity index (χ1) is 10.8. The molecule has 1 atom stereocenters. The maximum absolute atomic E-state index is 12.4. The summed E-state index contributed by atoms with van der Waals surface area (Å²) in [5.41, 5.74) is 0.814. The number of hydrogen-bond donors (Lipinski definition) is 2. The van der Waals surface area contributed by atoms with Gasteiger partial charge in [-0.3, -0.25) is 0 Å². The molecular formula is C17H25N3O3. The van der Waals surface area contributed by atoms with Gasteiger partial charge in [0.25, 0.3) is 0 Å². The molecule has 1 aromatic carbocycles. The number of urea groups is 1. The summed E-state index contributed by atoms with van der Waals surface area (Å²) < 4.78 is 0. The van der Waals surface area contributed by atoms with Gasteiger partial charge in [0.2, 0.25) is 0 Å². The van der Waals surface area contributed by atoms with Gasteiger partial charge < -0.3 is 20.2 Å². The molecule has 0 spiro atoms. The monoisotopic (exact) mass is 319 g/mol. The fourth-order valence-electron chi connectivity index (χ4n) is 2.82. The second-order valence-corrected chi connectivity index (χ2v) is 6.95. The van der Waals surface area contributed by atoms with E-state index in [0.29, 0.717) is 26.2 Å². The third-order valence-electron chi connectivity index (χ3n) is 4.20. The van der Waals surface area contributed by atoms with Crippen molar-refractivity contribution in [3.63, 3.8) is 0 Å². The molecule has 1 fully saturated rings. The van der Waals surface area contributed by atoms with Crippen molar-refractivity contribution in [2.75, 3.05) is 19.6 Å². The number of rotatable bonds is 2. The lowest BCUT2D eigenvalue weighted by Crippen LogP contribution is -2.61. The number of nitrogens with zero attached hydrogens (tertiary/aromatic N) is 2. The van der Waals surface area contributed by atoms with Gasteiger partial charge >= 0.3 is 12.1 Å². The lowest BCUT2D eigenvalue weighted by Gasteiger charge is -2.45. The molecule has 2 rings (SSSR count). The molecule has 126 valence electrons. The fraction of sp³-hybridized carbons (Fsp3) is 0.529. The first-order valence-electron chi connectivity index (χ1n) is 7.85. The summed E-state index contributed by atoms with van der Waals surface area (Å²) >= 11 is 0. The Kier molecular flexibility index (Phi) is 5.13. The zero-order chi connectivity index (χ0) is 17.0. The van der Waals surface area contributed by atoms with E-state index in [1.165, 1.54) is 4.90 Å². The van der Waals surface area contributed by atoms with Gasteiger partial charge in [-0.05, 0) is 11.0 Å². The quantitative estimate of drug-likeness (QED) is 0.880. The van der Waals surface area contributed by atoms with Gasteiger partial charge in [0.15, 0.2) is 0 Å². The molecule has 0 saturated carbocycles. The van der Waals surface area contributed by atoms with E-state index in [2.05, 4.69) is 5.32 Å². The van der Waals surface area contributed by atoms with Gasteiger partial charge in [-0.25, -0.2) is 9.59 Å². The molecule has 2 N–H and O–H groups in total. The summed E-state index contributed by atoms with van der Waals surface area (Å²) in [6.45, 7) is 7.64. The molecule has 1 aromatic rings. The highest BCUT2D eigenvalue weighted by Gasteiger charge is 2.39. The number of piperazine rings is 1. The van der Waals surface area contributed by atoms with E-state index in [4.69, 9.17) is 0 Å². The third-order valence-corrected chi connectivity index (χ3v) is 4.20. The predicted molar refractivity (Wildman–Crippen MR) is 88.2 cm³/mol.